The molecule has 1 N–H and O–H groups in total. The molecule has 0 aliphatic carbocycles. The van der Waals surface area contributed by atoms with Crippen molar-refractivity contribution in [3.05, 3.63) is 71.6 Å². The van der Waals surface area contributed by atoms with Crippen molar-refractivity contribution >= 4 is 23.6 Å². The molecule has 0 saturated heterocycles. The van der Waals surface area contributed by atoms with E-state index in [0.717, 1.165) is 0 Å². The van der Waals surface area contributed by atoms with Gasteiger partial charge in [-0.15, -0.1) is 0 Å². The second kappa shape index (κ2) is 9.95. The molecule has 9 nitrogen and oxygen atoms in total. The van der Waals surface area contributed by atoms with E-state index in [2.05, 4.69) is 10.3 Å². The molecule has 0 fully saturated rings. The van der Waals surface area contributed by atoms with Crippen LogP contribution in [-0.4, -0.2) is 44.6 Å². The number of aromatic nitrogens is 1. The highest BCUT2D eigenvalue weighted by Gasteiger charge is 2.28. The van der Waals surface area contributed by atoms with Crippen LogP contribution in [0.15, 0.2) is 60.5 Å². The molecular weight excluding hydrogens is 440 g/mol. The Hall–Kier alpha value is -4.53. The number of rotatable bonds is 8. The van der Waals surface area contributed by atoms with Crippen molar-refractivity contribution in [2.24, 2.45) is 0 Å². The quantitative estimate of drug-likeness (QED) is 0.505. The zero-order chi connectivity index (χ0) is 24.1. The molecule has 1 amide bonds. The molecule has 0 radical (unpaired) electrons. The van der Waals surface area contributed by atoms with Crippen molar-refractivity contribution in [1.82, 2.24) is 4.98 Å². The Kier molecular flexibility index (Phi) is 6.63. The molecule has 9 heteroatoms. The van der Waals surface area contributed by atoms with Gasteiger partial charge in [-0.1, -0.05) is 6.07 Å². The average molecular weight is 462 g/mol. The number of hydrogen-bond donors (Lipinski definition) is 1. The number of allylic oxidation sites excluding steroid dienone is 1. The highest BCUT2D eigenvalue weighted by Crippen LogP contribution is 2.42. The Bertz CT molecular complexity index is 1260. The number of hydrogen-bond acceptors (Lipinski definition) is 8. The molecule has 0 spiro atoms. The summed E-state index contributed by atoms with van der Waals surface area (Å²) < 4.78 is 27.5. The van der Waals surface area contributed by atoms with Crippen molar-refractivity contribution in [1.29, 1.82) is 0 Å². The van der Waals surface area contributed by atoms with E-state index in [4.69, 9.17) is 23.7 Å². The minimum atomic E-state index is -0.364. The molecule has 2 heterocycles. The Morgan fingerprint density at radius 2 is 1.85 bits per heavy atom. The van der Waals surface area contributed by atoms with E-state index < -0.39 is 0 Å². The average Bonchev–Trinajstić information content (AvgIpc) is 3.17. The van der Waals surface area contributed by atoms with Gasteiger partial charge in [-0.25, -0.2) is 4.98 Å². The van der Waals surface area contributed by atoms with Gasteiger partial charge in [-0.05, 0) is 42.5 Å². The molecule has 1 aromatic heterocycles. The Morgan fingerprint density at radius 3 is 2.56 bits per heavy atom. The van der Waals surface area contributed by atoms with E-state index in [1.165, 1.54) is 21.3 Å². The number of ketones is 1. The van der Waals surface area contributed by atoms with Gasteiger partial charge in [0.05, 0.1) is 26.9 Å². The van der Waals surface area contributed by atoms with Gasteiger partial charge in [0.2, 0.25) is 11.5 Å². The highest BCUT2D eigenvalue weighted by molar-refractivity contribution is 6.14. The topological polar surface area (TPSA) is 105 Å². The fraction of sp³-hybridized carbons (Fsp3) is 0.160. The number of pyridine rings is 1. The van der Waals surface area contributed by atoms with Crippen LogP contribution in [0.2, 0.25) is 0 Å². The standard InChI is InChI=1S/C25H22N2O7/c1-30-18-10-7-15(24(31-2)25(18)32-3)12-20-23(29)17-9-8-16(13-19(17)34-20)33-14-22(28)27-21-6-4-5-11-26-21/h4-13H,14H2,1-3H3,(H,26,27,28). The van der Waals surface area contributed by atoms with Crippen LogP contribution in [0.4, 0.5) is 5.82 Å². The maximum absolute atomic E-state index is 12.9. The summed E-state index contributed by atoms with van der Waals surface area (Å²) in [6.07, 6.45) is 3.15. The van der Waals surface area contributed by atoms with Gasteiger partial charge in [0, 0.05) is 17.8 Å². The summed E-state index contributed by atoms with van der Waals surface area (Å²) in [7, 11) is 4.53. The summed E-state index contributed by atoms with van der Waals surface area (Å²) in [6.45, 7) is -0.227. The molecule has 2 aromatic carbocycles. The zero-order valence-corrected chi connectivity index (χ0v) is 18.8. The van der Waals surface area contributed by atoms with E-state index in [1.54, 1.807) is 60.8 Å². The smallest absolute Gasteiger partial charge is 0.263 e. The predicted octanol–water partition coefficient (Wildman–Crippen LogP) is 3.74. The number of methoxy groups -OCH3 is 3. The normalized spacial score (nSPS) is 13.1. The molecule has 0 bridgehead atoms. The lowest BCUT2D eigenvalue weighted by molar-refractivity contribution is -0.118. The van der Waals surface area contributed by atoms with E-state index in [-0.39, 0.29) is 24.1 Å². The summed E-state index contributed by atoms with van der Waals surface area (Å²) in [5, 5.41) is 2.63. The predicted molar refractivity (Wildman–Crippen MR) is 124 cm³/mol. The first-order valence-corrected chi connectivity index (χ1v) is 10.2. The number of amides is 1. The number of carbonyl (C=O) groups is 2. The lowest BCUT2D eigenvalue weighted by Crippen LogP contribution is -2.20. The van der Waals surface area contributed by atoms with Crippen molar-refractivity contribution < 1.29 is 33.3 Å². The second-order valence-corrected chi connectivity index (χ2v) is 7.07. The highest BCUT2D eigenvalue weighted by atomic mass is 16.5. The number of nitrogens with one attached hydrogen (secondary N) is 1. The third-order valence-electron chi connectivity index (χ3n) is 4.96. The first-order valence-electron chi connectivity index (χ1n) is 10.2. The van der Waals surface area contributed by atoms with Crippen LogP contribution in [0.5, 0.6) is 28.7 Å². The minimum Gasteiger partial charge on any atom is -0.493 e. The first-order chi connectivity index (χ1) is 16.5. The van der Waals surface area contributed by atoms with Crippen LogP contribution in [0.1, 0.15) is 15.9 Å². The minimum absolute atomic E-state index is 0.116. The molecular formula is C25H22N2O7. The van der Waals surface area contributed by atoms with Gasteiger partial charge >= 0.3 is 0 Å². The summed E-state index contributed by atoms with van der Waals surface area (Å²) in [4.78, 5) is 29.0. The Morgan fingerprint density at radius 1 is 1.03 bits per heavy atom. The molecule has 174 valence electrons. The summed E-state index contributed by atoms with van der Waals surface area (Å²) in [5.41, 5.74) is 0.968. The van der Waals surface area contributed by atoms with Crippen LogP contribution in [0.25, 0.3) is 6.08 Å². The largest absolute Gasteiger partial charge is 0.493 e. The van der Waals surface area contributed by atoms with Crippen molar-refractivity contribution in [2.45, 2.75) is 0 Å². The number of ether oxygens (including phenoxy) is 5. The van der Waals surface area contributed by atoms with Crippen LogP contribution in [-0.2, 0) is 4.79 Å². The van der Waals surface area contributed by atoms with Crippen molar-refractivity contribution in [3.8, 4) is 28.7 Å². The Labute approximate surface area is 195 Å². The van der Waals surface area contributed by atoms with Crippen LogP contribution < -0.4 is 29.0 Å². The van der Waals surface area contributed by atoms with Crippen LogP contribution in [0, 0.1) is 0 Å². The molecule has 34 heavy (non-hydrogen) atoms. The molecule has 1 aliphatic rings. The molecule has 4 rings (SSSR count). The van der Waals surface area contributed by atoms with Gasteiger partial charge in [-0.3, -0.25) is 9.59 Å². The molecule has 0 saturated carbocycles. The molecule has 1 aliphatic heterocycles. The van der Waals surface area contributed by atoms with Gasteiger partial charge in [-0.2, -0.15) is 0 Å². The van der Waals surface area contributed by atoms with Crippen LogP contribution in [0.3, 0.4) is 0 Å². The van der Waals surface area contributed by atoms with E-state index in [1.807, 2.05) is 0 Å². The van der Waals surface area contributed by atoms with Gasteiger partial charge in [0.25, 0.3) is 5.91 Å². The monoisotopic (exact) mass is 462 g/mol. The molecule has 0 atom stereocenters. The first kappa shape index (κ1) is 22.7. The zero-order valence-electron chi connectivity index (χ0n) is 18.8. The lowest BCUT2D eigenvalue weighted by atomic mass is 10.1. The number of nitrogens with zero attached hydrogens (tertiary/aromatic N) is 1. The maximum Gasteiger partial charge on any atom is 0.263 e. The molecule has 0 unspecified atom stereocenters. The fourth-order valence-corrected chi connectivity index (χ4v) is 3.40. The fourth-order valence-electron chi connectivity index (χ4n) is 3.40. The number of carbonyl (C=O) groups excluding carboxylic acids is 2. The Balaban J connectivity index is 1.49. The number of Topliss-reactive ketones (excluding diaryl/α,β-unsaturated/α-hetero) is 1. The summed E-state index contributed by atoms with van der Waals surface area (Å²) in [5.74, 6) is 1.92. The van der Waals surface area contributed by atoms with E-state index in [0.29, 0.717) is 45.7 Å². The van der Waals surface area contributed by atoms with Gasteiger partial charge in [0.1, 0.15) is 17.3 Å². The summed E-state index contributed by atoms with van der Waals surface area (Å²) in [6, 6.07) is 13.4. The number of benzene rings is 2. The second-order valence-electron chi connectivity index (χ2n) is 7.07. The lowest BCUT2D eigenvalue weighted by Gasteiger charge is -2.14. The SMILES string of the molecule is COc1ccc(C=C2Oc3cc(OCC(=O)Nc4ccccn4)ccc3C2=O)c(OC)c1OC. The third-order valence-corrected chi connectivity index (χ3v) is 4.96. The third kappa shape index (κ3) is 4.63. The van der Waals surface area contributed by atoms with E-state index in [9.17, 15) is 9.59 Å². The summed E-state index contributed by atoms with van der Waals surface area (Å²) >= 11 is 0. The number of fused-ring (bicyclic) bond motifs is 1. The number of anilines is 1. The van der Waals surface area contributed by atoms with E-state index >= 15 is 0 Å². The van der Waals surface area contributed by atoms with Gasteiger partial charge in [0.15, 0.2) is 23.9 Å². The van der Waals surface area contributed by atoms with Crippen molar-refractivity contribution in [2.75, 3.05) is 33.3 Å². The maximum atomic E-state index is 12.9. The van der Waals surface area contributed by atoms with Crippen LogP contribution >= 0.6 is 0 Å². The van der Waals surface area contributed by atoms with Gasteiger partial charge < -0.3 is 29.0 Å². The van der Waals surface area contributed by atoms with Crippen molar-refractivity contribution in [3.63, 3.8) is 0 Å². The molecule has 3 aromatic rings.